The van der Waals surface area contributed by atoms with Gasteiger partial charge in [-0.25, -0.2) is 4.57 Å². The van der Waals surface area contributed by atoms with Gasteiger partial charge in [0, 0.05) is 0 Å². The van der Waals surface area contributed by atoms with Crippen molar-refractivity contribution < 1.29 is 36.4 Å². The predicted molar refractivity (Wildman–Crippen MR) is 34.8 cm³/mol. The molecule has 0 aliphatic rings. The van der Waals surface area contributed by atoms with E-state index in [2.05, 4.69) is 11.1 Å². The fourth-order valence-corrected chi connectivity index (χ4v) is 0.291. The molecule has 4 nitrogen and oxygen atoms in total. The van der Waals surface area contributed by atoms with Gasteiger partial charge in [0.25, 0.3) is 0 Å². The molecule has 0 fully saturated rings. The monoisotopic (exact) mass is 224 g/mol. The van der Waals surface area contributed by atoms with Gasteiger partial charge in [0.1, 0.15) is 0 Å². The molecule has 0 aliphatic heterocycles. The molecule has 13 heavy (non-hydrogen) atoms. The van der Waals surface area contributed by atoms with Gasteiger partial charge in [-0.3, -0.25) is 9.79 Å². The van der Waals surface area contributed by atoms with Gasteiger partial charge in [0.05, 0.1) is 6.26 Å². The van der Waals surface area contributed by atoms with Crippen LogP contribution in [0.15, 0.2) is 25.0 Å². The van der Waals surface area contributed by atoms with Crippen LogP contribution in [0, 0.1) is 0 Å². The van der Waals surface area contributed by atoms with Crippen molar-refractivity contribution in [2.75, 3.05) is 0 Å². The molecule has 0 atom stereocenters. The van der Waals surface area contributed by atoms with Crippen LogP contribution in [0.2, 0.25) is 0 Å². The summed E-state index contributed by atoms with van der Waals surface area (Å²) in [6.07, 6.45) is -5.12. The van der Waals surface area contributed by atoms with Crippen molar-refractivity contribution in [1.29, 1.82) is 0 Å². The lowest BCUT2D eigenvalue weighted by molar-refractivity contribution is 0.259. The number of rotatable bonds is 2. The number of hydrogen-bond acceptors (Lipinski definition) is 2. The highest BCUT2D eigenvalue weighted by atomic mass is 31.2. The summed E-state index contributed by atoms with van der Waals surface area (Å²) < 4.78 is 54.4. The van der Waals surface area contributed by atoms with Crippen molar-refractivity contribution in [1.82, 2.24) is 0 Å². The van der Waals surface area contributed by atoms with E-state index in [9.17, 15) is 22.1 Å². The molecule has 78 valence electrons. The van der Waals surface area contributed by atoms with E-state index in [0.717, 1.165) is 0 Å². The minimum atomic E-state index is -4.28. The van der Waals surface area contributed by atoms with Crippen LogP contribution in [0.25, 0.3) is 0 Å². The average molecular weight is 224 g/mol. The van der Waals surface area contributed by atoms with Crippen LogP contribution < -0.4 is 0 Å². The maximum atomic E-state index is 10.3. The van der Waals surface area contributed by atoms with E-state index in [1.165, 1.54) is 0 Å². The summed E-state index contributed by atoms with van der Waals surface area (Å²) in [6.45, 7) is 2.93. The zero-order valence-corrected chi connectivity index (χ0v) is 6.85. The summed E-state index contributed by atoms with van der Waals surface area (Å²) in [6, 6.07) is 0. The van der Waals surface area contributed by atoms with Crippen LogP contribution >= 0.6 is 7.82 Å². The highest BCUT2D eigenvalue weighted by Gasteiger charge is 2.10. The molecule has 9 heteroatoms. The Kier molecular flexibility index (Phi) is 7.49. The van der Waals surface area contributed by atoms with Gasteiger partial charge < -0.3 is 4.52 Å². The molecule has 0 saturated heterocycles. The molecule has 0 aromatic heterocycles. The van der Waals surface area contributed by atoms with Gasteiger partial charge in [-0.2, -0.15) is 17.6 Å². The van der Waals surface area contributed by atoms with E-state index >= 15 is 0 Å². The standard InChI is InChI=1S/C2F4.C2H5O4P/c3-1(4)2(5)6;1-2-6-7(3,4)5/h;2H,1H2,(H2,3,4,5). The van der Waals surface area contributed by atoms with Crippen molar-refractivity contribution in [3.63, 3.8) is 0 Å². The molecule has 0 spiro atoms. The van der Waals surface area contributed by atoms with Crippen molar-refractivity contribution in [2.45, 2.75) is 0 Å². The summed E-state index contributed by atoms with van der Waals surface area (Å²) in [5.41, 5.74) is 0. The largest absolute Gasteiger partial charge is 0.524 e. The highest BCUT2D eigenvalue weighted by molar-refractivity contribution is 7.46. The number of halogens is 4. The normalized spacial score (nSPS) is 9.38. The topological polar surface area (TPSA) is 66.8 Å². The Bertz CT molecular complexity index is 216. The van der Waals surface area contributed by atoms with Gasteiger partial charge in [-0.1, -0.05) is 6.58 Å². The second kappa shape index (κ2) is 6.64. The van der Waals surface area contributed by atoms with Gasteiger partial charge in [0.2, 0.25) is 0 Å². The summed E-state index contributed by atoms with van der Waals surface area (Å²) in [5.74, 6) is 0. The van der Waals surface area contributed by atoms with Crippen LogP contribution in [0.5, 0.6) is 0 Å². The molecule has 0 saturated carbocycles. The Balaban J connectivity index is 0. The lowest BCUT2D eigenvalue weighted by atomic mass is 11.1. The third-order valence-corrected chi connectivity index (χ3v) is 0.778. The first kappa shape index (κ1) is 14.7. The minimum Gasteiger partial charge on any atom is -0.413 e. The summed E-state index contributed by atoms with van der Waals surface area (Å²) in [5, 5.41) is 0. The molecular weight excluding hydrogens is 219 g/mol. The molecule has 2 N–H and O–H groups in total. The van der Waals surface area contributed by atoms with E-state index in [1.807, 2.05) is 0 Å². The minimum absolute atomic E-state index is 0.695. The molecule has 0 aromatic rings. The predicted octanol–water partition coefficient (Wildman–Crippen LogP) is 2.23. The van der Waals surface area contributed by atoms with Crippen molar-refractivity contribution in [3.05, 3.63) is 25.0 Å². The average Bonchev–Trinajstić information content (AvgIpc) is 1.85. The second-order valence-electron chi connectivity index (χ2n) is 1.28. The smallest absolute Gasteiger partial charge is 0.413 e. The molecule has 0 unspecified atom stereocenters. The first-order chi connectivity index (χ1) is 5.70. The zero-order chi connectivity index (χ0) is 11.1. The summed E-state index contributed by atoms with van der Waals surface area (Å²) >= 11 is 0. The Morgan fingerprint density at radius 1 is 1.23 bits per heavy atom. The highest BCUT2D eigenvalue weighted by Crippen LogP contribution is 2.35. The molecule has 0 aromatic carbocycles. The quantitative estimate of drug-likeness (QED) is 0.428. The van der Waals surface area contributed by atoms with E-state index < -0.39 is 20.0 Å². The maximum Gasteiger partial charge on any atom is 0.524 e. The van der Waals surface area contributed by atoms with E-state index in [-0.39, 0.29) is 0 Å². The first-order valence-corrected chi connectivity index (χ1v) is 3.95. The van der Waals surface area contributed by atoms with Gasteiger partial charge in [0.15, 0.2) is 0 Å². The molecule has 0 radical (unpaired) electrons. The molecule has 0 heterocycles. The summed E-state index contributed by atoms with van der Waals surface area (Å²) in [4.78, 5) is 15.7. The lowest BCUT2D eigenvalue weighted by Gasteiger charge is -1.96. The molecule has 0 amide bonds. The Morgan fingerprint density at radius 2 is 1.54 bits per heavy atom. The number of phosphoric acid groups is 1. The van der Waals surface area contributed by atoms with Crippen LogP contribution in [0.1, 0.15) is 0 Å². The Labute approximate surface area is 70.4 Å². The van der Waals surface area contributed by atoms with Crippen LogP contribution in [0.3, 0.4) is 0 Å². The number of phosphoric ester groups is 1. The molecular formula is C4H5F4O4P. The second-order valence-corrected chi connectivity index (χ2v) is 2.48. The fraction of sp³-hybridized carbons (Fsp3) is 0. The molecule has 0 aliphatic carbocycles. The Hall–Kier alpha value is -0.850. The van der Waals surface area contributed by atoms with Gasteiger partial charge in [-0.15, -0.1) is 0 Å². The van der Waals surface area contributed by atoms with Crippen LogP contribution in [-0.2, 0) is 9.09 Å². The number of hydrogen-bond donors (Lipinski definition) is 2. The molecule has 0 rings (SSSR count). The SMILES string of the molecule is C=COP(=O)(O)O.FC(F)=C(F)F. The van der Waals surface area contributed by atoms with Crippen LogP contribution in [-0.4, -0.2) is 9.79 Å². The van der Waals surface area contributed by atoms with E-state index in [4.69, 9.17) is 9.79 Å². The lowest BCUT2D eigenvalue weighted by Crippen LogP contribution is -1.75. The van der Waals surface area contributed by atoms with E-state index in [0.29, 0.717) is 6.26 Å². The third-order valence-electron chi connectivity index (χ3n) is 0.355. The van der Waals surface area contributed by atoms with Crippen molar-refractivity contribution in [2.24, 2.45) is 0 Å². The van der Waals surface area contributed by atoms with Crippen molar-refractivity contribution >= 4 is 7.82 Å². The van der Waals surface area contributed by atoms with Gasteiger partial charge in [-0.05, 0) is 0 Å². The maximum absolute atomic E-state index is 10.3. The first-order valence-electron chi connectivity index (χ1n) is 2.42. The van der Waals surface area contributed by atoms with E-state index in [1.54, 1.807) is 0 Å². The van der Waals surface area contributed by atoms with Gasteiger partial charge >= 0.3 is 20.0 Å². The zero-order valence-electron chi connectivity index (χ0n) is 5.95. The summed E-state index contributed by atoms with van der Waals surface area (Å²) in [7, 11) is -4.28. The van der Waals surface area contributed by atoms with Crippen molar-refractivity contribution in [3.8, 4) is 0 Å². The molecule has 0 bridgehead atoms. The van der Waals surface area contributed by atoms with Crippen LogP contribution in [0.4, 0.5) is 17.6 Å². The third kappa shape index (κ3) is 18.3. The fourth-order valence-electron chi connectivity index (χ4n) is 0.0971. The Morgan fingerprint density at radius 3 is 1.54 bits per heavy atom.